The van der Waals surface area contributed by atoms with Crippen LogP contribution in [0.15, 0.2) is 84.2 Å². The molecule has 25 heavy (non-hydrogen) atoms. The molecule has 0 aliphatic heterocycles. The van der Waals surface area contributed by atoms with E-state index in [9.17, 15) is 4.79 Å². The summed E-state index contributed by atoms with van der Waals surface area (Å²) < 4.78 is 1.26. The molecule has 2 nitrogen and oxygen atoms in total. The third-order valence-electron chi connectivity index (χ3n) is 4.21. The molecule has 0 atom stereocenters. The second-order valence-corrected chi connectivity index (χ2v) is 6.81. The first-order chi connectivity index (χ1) is 12.3. The lowest BCUT2D eigenvalue weighted by Gasteiger charge is -2.07. The Balaban J connectivity index is 1.58. The van der Waals surface area contributed by atoms with Gasteiger partial charge in [-0.15, -0.1) is 11.3 Å². The number of fused-ring (bicyclic) bond motifs is 1. The lowest BCUT2D eigenvalue weighted by molar-refractivity contribution is 0.0951. The zero-order valence-corrected chi connectivity index (χ0v) is 14.4. The fourth-order valence-corrected chi connectivity index (χ4v) is 3.88. The summed E-state index contributed by atoms with van der Waals surface area (Å²) in [5, 5.41) is 6.38. The molecule has 1 amide bonds. The minimum Gasteiger partial charge on any atom is -0.348 e. The molecule has 3 heteroatoms. The molecule has 0 saturated carbocycles. The number of rotatable bonds is 4. The lowest BCUT2D eigenvalue weighted by Crippen LogP contribution is -2.22. The zero-order valence-electron chi connectivity index (χ0n) is 13.6. The second kappa shape index (κ2) is 6.91. The van der Waals surface area contributed by atoms with Crippen molar-refractivity contribution >= 4 is 27.3 Å². The monoisotopic (exact) mass is 343 g/mol. The fourth-order valence-electron chi connectivity index (χ4n) is 2.91. The van der Waals surface area contributed by atoms with E-state index in [1.807, 2.05) is 48.5 Å². The summed E-state index contributed by atoms with van der Waals surface area (Å²) in [6, 6.07) is 26.1. The third-order valence-corrected chi connectivity index (χ3v) is 5.18. The van der Waals surface area contributed by atoms with Gasteiger partial charge in [-0.1, -0.05) is 60.7 Å². The van der Waals surface area contributed by atoms with E-state index in [1.54, 1.807) is 11.3 Å². The number of amides is 1. The standard InChI is InChI=1S/C22H17NOS/c24-22(23-14-16-7-2-1-3-8-16)18-10-6-9-17(13-18)20-15-25-21-12-5-4-11-19(20)21/h1-13,15H,14H2,(H,23,24). The van der Waals surface area contributed by atoms with Crippen LogP contribution in [0.4, 0.5) is 0 Å². The molecule has 1 aromatic heterocycles. The number of hydrogen-bond donors (Lipinski definition) is 1. The van der Waals surface area contributed by atoms with E-state index < -0.39 is 0 Å². The Labute approximate surface area is 150 Å². The van der Waals surface area contributed by atoms with Crippen LogP contribution < -0.4 is 5.32 Å². The van der Waals surface area contributed by atoms with Gasteiger partial charge in [0.05, 0.1) is 0 Å². The maximum Gasteiger partial charge on any atom is 0.251 e. The quantitative estimate of drug-likeness (QED) is 0.521. The van der Waals surface area contributed by atoms with Gasteiger partial charge < -0.3 is 5.32 Å². The van der Waals surface area contributed by atoms with E-state index in [0.29, 0.717) is 12.1 Å². The number of carbonyl (C=O) groups is 1. The number of benzene rings is 3. The van der Waals surface area contributed by atoms with E-state index in [2.05, 4.69) is 41.0 Å². The predicted octanol–water partition coefficient (Wildman–Crippen LogP) is 5.50. The first-order valence-electron chi connectivity index (χ1n) is 8.20. The van der Waals surface area contributed by atoms with Crippen molar-refractivity contribution in [1.82, 2.24) is 5.32 Å². The summed E-state index contributed by atoms with van der Waals surface area (Å²) in [7, 11) is 0. The van der Waals surface area contributed by atoms with Gasteiger partial charge >= 0.3 is 0 Å². The van der Waals surface area contributed by atoms with Crippen LogP contribution in [0, 0.1) is 0 Å². The molecule has 1 N–H and O–H groups in total. The summed E-state index contributed by atoms with van der Waals surface area (Å²) in [6.45, 7) is 0.533. The van der Waals surface area contributed by atoms with Gasteiger partial charge in [0.1, 0.15) is 0 Å². The van der Waals surface area contributed by atoms with E-state index in [1.165, 1.54) is 15.6 Å². The molecule has 0 unspecified atom stereocenters. The number of carbonyl (C=O) groups excluding carboxylic acids is 1. The Hall–Kier alpha value is -2.91. The number of hydrogen-bond acceptors (Lipinski definition) is 2. The molecule has 0 radical (unpaired) electrons. The van der Waals surface area contributed by atoms with Crippen molar-refractivity contribution in [1.29, 1.82) is 0 Å². The summed E-state index contributed by atoms with van der Waals surface area (Å²) >= 11 is 1.73. The topological polar surface area (TPSA) is 29.1 Å². The largest absolute Gasteiger partial charge is 0.348 e. The van der Waals surface area contributed by atoms with Crippen molar-refractivity contribution in [3.05, 3.63) is 95.4 Å². The van der Waals surface area contributed by atoms with Crippen LogP contribution in [0.25, 0.3) is 21.2 Å². The smallest absolute Gasteiger partial charge is 0.251 e. The minimum absolute atomic E-state index is 0.0507. The summed E-state index contributed by atoms with van der Waals surface area (Å²) in [4.78, 5) is 12.5. The maximum atomic E-state index is 12.5. The van der Waals surface area contributed by atoms with E-state index in [0.717, 1.165) is 11.1 Å². The Morgan fingerprint density at radius 1 is 0.880 bits per heavy atom. The van der Waals surface area contributed by atoms with Gasteiger partial charge in [-0.3, -0.25) is 4.79 Å². The SMILES string of the molecule is O=C(NCc1ccccc1)c1cccc(-c2csc3ccccc23)c1. The summed E-state index contributed by atoms with van der Waals surface area (Å²) in [6.07, 6.45) is 0. The van der Waals surface area contributed by atoms with Gasteiger partial charge in [0.15, 0.2) is 0 Å². The molecule has 4 aromatic rings. The average Bonchev–Trinajstić information content (AvgIpc) is 3.11. The molecule has 3 aromatic carbocycles. The Morgan fingerprint density at radius 2 is 1.68 bits per heavy atom. The van der Waals surface area contributed by atoms with Crippen LogP contribution in [0.2, 0.25) is 0 Å². The lowest BCUT2D eigenvalue weighted by atomic mass is 10.0. The highest BCUT2D eigenvalue weighted by Crippen LogP contribution is 2.34. The van der Waals surface area contributed by atoms with E-state index in [4.69, 9.17) is 0 Å². The van der Waals surface area contributed by atoms with Crippen LogP contribution in [0.5, 0.6) is 0 Å². The first-order valence-corrected chi connectivity index (χ1v) is 9.08. The molecule has 122 valence electrons. The zero-order chi connectivity index (χ0) is 17.1. The van der Waals surface area contributed by atoms with Crippen LogP contribution in [0.3, 0.4) is 0 Å². The van der Waals surface area contributed by atoms with Crippen LogP contribution in [-0.2, 0) is 6.54 Å². The molecule has 4 rings (SSSR count). The fraction of sp³-hybridized carbons (Fsp3) is 0.0455. The summed E-state index contributed by atoms with van der Waals surface area (Å²) in [5.74, 6) is -0.0507. The second-order valence-electron chi connectivity index (χ2n) is 5.89. The highest BCUT2D eigenvalue weighted by Gasteiger charge is 2.10. The molecule has 1 heterocycles. The molecule has 0 saturated heterocycles. The molecule has 0 aliphatic carbocycles. The molecular weight excluding hydrogens is 326 g/mol. The van der Waals surface area contributed by atoms with Crippen LogP contribution >= 0.6 is 11.3 Å². The Bertz CT molecular complexity index is 1020. The molecule has 0 aliphatic rings. The van der Waals surface area contributed by atoms with E-state index >= 15 is 0 Å². The van der Waals surface area contributed by atoms with Crippen molar-refractivity contribution in [2.45, 2.75) is 6.54 Å². The minimum atomic E-state index is -0.0507. The first kappa shape index (κ1) is 15.6. The Kier molecular flexibility index (Phi) is 4.32. The average molecular weight is 343 g/mol. The Morgan fingerprint density at radius 3 is 2.56 bits per heavy atom. The number of nitrogens with one attached hydrogen (secondary N) is 1. The van der Waals surface area contributed by atoms with Gasteiger partial charge in [-0.2, -0.15) is 0 Å². The van der Waals surface area contributed by atoms with Gasteiger partial charge in [0.2, 0.25) is 0 Å². The highest BCUT2D eigenvalue weighted by molar-refractivity contribution is 7.17. The van der Waals surface area contributed by atoms with Crippen molar-refractivity contribution in [3.63, 3.8) is 0 Å². The normalized spacial score (nSPS) is 10.7. The number of thiophene rings is 1. The molecular formula is C22H17NOS. The van der Waals surface area contributed by atoms with Gasteiger partial charge in [-0.25, -0.2) is 0 Å². The van der Waals surface area contributed by atoms with Gasteiger partial charge in [-0.05, 0) is 34.7 Å². The van der Waals surface area contributed by atoms with Crippen LogP contribution in [0.1, 0.15) is 15.9 Å². The molecule has 0 bridgehead atoms. The third kappa shape index (κ3) is 3.32. The maximum absolute atomic E-state index is 12.5. The van der Waals surface area contributed by atoms with Gasteiger partial charge in [0, 0.05) is 27.8 Å². The van der Waals surface area contributed by atoms with Crippen molar-refractivity contribution < 1.29 is 4.79 Å². The predicted molar refractivity (Wildman–Crippen MR) is 105 cm³/mol. The highest BCUT2D eigenvalue weighted by atomic mass is 32.1. The van der Waals surface area contributed by atoms with E-state index in [-0.39, 0.29) is 5.91 Å². The van der Waals surface area contributed by atoms with Crippen molar-refractivity contribution in [2.75, 3.05) is 0 Å². The summed E-state index contributed by atoms with van der Waals surface area (Å²) in [5.41, 5.74) is 4.03. The van der Waals surface area contributed by atoms with Gasteiger partial charge in [0.25, 0.3) is 5.91 Å². The van der Waals surface area contributed by atoms with Crippen molar-refractivity contribution in [2.24, 2.45) is 0 Å². The van der Waals surface area contributed by atoms with Crippen LogP contribution in [-0.4, -0.2) is 5.91 Å². The van der Waals surface area contributed by atoms with Crippen molar-refractivity contribution in [3.8, 4) is 11.1 Å². The molecule has 0 fully saturated rings. The molecule has 0 spiro atoms.